The van der Waals surface area contributed by atoms with Crippen molar-refractivity contribution >= 4 is 0 Å². The molecule has 30 heavy (non-hydrogen) atoms. The molecule has 0 aromatic carbocycles. The van der Waals surface area contributed by atoms with E-state index < -0.39 is 0 Å². The van der Waals surface area contributed by atoms with Gasteiger partial charge in [-0.05, 0) is 19.3 Å². The average Bonchev–Trinajstić information content (AvgIpc) is 2.75. The Labute approximate surface area is 188 Å². The zero-order valence-corrected chi connectivity index (χ0v) is 20.7. The fourth-order valence-electron chi connectivity index (χ4n) is 4.05. The predicted molar refractivity (Wildman–Crippen MR) is 131 cm³/mol. The Kier molecular flexibility index (Phi) is 18.0. The lowest BCUT2D eigenvalue weighted by Gasteiger charge is -2.08. The molecule has 0 N–H and O–H groups in total. The van der Waals surface area contributed by atoms with Gasteiger partial charge in [-0.15, -0.1) is 0 Å². The number of hydrogen-bond acceptors (Lipinski definition) is 3. The molecule has 1 heterocycles. The van der Waals surface area contributed by atoms with Crippen molar-refractivity contribution in [2.24, 2.45) is 0 Å². The van der Waals surface area contributed by atoms with Gasteiger partial charge in [-0.1, -0.05) is 117 Å². The summed E-state index contributed by atoms with van der Waals surface area (Å²) in [7, 11) is 0. The lowest BCUT2D eigenvalue weighted by molar-refractivity contribution is 0.576. The van der Waals surface area contributed by atoms with Gasteiger partial charge in [-0.2, -0.15) is 0 Å². The maximum atomic E-state index is 4.85. The second-order valence-electron chi connectivity index (χ2n) is 9.14. The Morgan fingerprint density at radius 1 is 0.333 bits per heavy atom. The number of nitrogens with zero attached hydrogens (tertiary/aromatic N) is 3. The molecular formula is C27H51N3. The van der Waals surface area contributed by atoms with Crippen molar-refractivity contribution in [1.29, 1.82) is 0 Å². The van der Waals surface area contributed by atoms with Gasteiger partial charge in [-0.3, -0.25) is 0 Å². The first-order valence-electron chi connectivity index (χ1n) is 13.5. The minimum absolute atomic E-state index is 1.03. The number of hydrogen-bond donors (Lipinski definition) is 0. The molecule has 0 aliphatic rings. The highest BCUT2D eigenvalue weighted by Gasteiger charge is 2.07. The third kappa shape index (κ3) is 14.9. The quantitative estimate of drug-likeness (QED) is 0.188. The molecule has 3 nitrogen and oxygen atoms in total. The van der Waals surface area contributed by atoms with Crippen molar-refractivity contribution in [3.8, 4) is 0 Å². The first-order valence-corrected chi connectivity index (χ1v) is 13.5. The summed E-state index contributed by atoms with van der Waals surface area (Å²) in [6, 6.07) is 0. The zero-order chi connectivity index (χ0) is 21.7. The molecule has 0 unspecified atom stereocenters. The van der Waals surface area contributed by atoms with Crippen LogP contribution in [0.15, 0.2) is 0 Å². The lowest BCUT2D eigenvalue weighted by Crippen LogP contribution is -2.08. The summed E-state index contributed by atoms with van der Waals surface area (Å²) in [5, 5.41) is 0. The van der Waals surface area contributed by atoms with Crippen molar-refractivity contribution in [3.63, 3.8) is 0 Å². The normalized spacial score (nSPS) is 11.3. The molecule has 174 valence electrons. The van der Waals surface area contributed by atoms with Gasteiger partial charge in [0.05, 0.1) is 0 Å². The van der Waals surface area contributed by atoms with E-state index in [2.05, 4.69) is 20.8 Å². The van der Waals surface area contributed by atoms with E-state index in [4.69, 9.17) is 15.0 Å². The van der Waals surface area contributed by atoms with Crippen LogP contribution in [0.3, 0.4) is 0 Å². The molecule has 0 bridgehead atoms. The molecular weight excluding hydrogens is 366 g/mol. The van der Waals surface area contributed by atoms with Gasteiger partial charge >= 0.3 is 0 Å². The zero-order valence-electron chi connectivity index (χ0n) is 20.7. The molecule has 3 heteroatoms. The van der Waals surface area contributed by atoms with Gasteiger partial charge in [0.25, 0.3) is 0 Å². The summed E-state index contributed by atoms with van der Waals surface area (Å²) < 4.78 is 0. The van der Waals surface area contributed by atoms with E-state index in [0.717, 1.165) is 36.7 Å². The van der Waals surface area contributed by atoms with Gasteiger partial charge in [0.15, 0.2) is 0 Å². The summed E-state index contributed by atoms with van der Waals surface area (Å²) in [4.78, 5) is 14.5. The average molecular weight is 418 g/mol. The third-order valence-corrected chi connectivity index (χ3v) is 6.04. The summed E-state index contributed by atoms with van der Waals surface area (Å²) >= 11 is 0. The van der Waals surface area contributed by atoms with E-state index in [9.17, 15) is 0 Å². The first kappa shape index (κ1) is 27.0. The molecule has 1 rings (SSSR count). The topological polar surface area (TPSA) is 38.7 Å². The van der Waals surface area contributed by atoms with Crippen molar-refractivity contribution in [3.05, 3.63) is 17.5 Å². The second-order valence-corrected chi connectivity index (χ2v) is 9.14. The third-order valence-electron chi connectivity index (χ3n) is 6.04. The number of unbranched alkanes of at least 4 members (excludes halogenated alkanes) is 15. The lowest BCUT2D eigenvalue weighted by atomic mass is 10.1. The predicted octanol–water partition coefficient (Wildman–Crippen LogP) is 8.58. The summed E-state index contributed by atoms with van der Waals surface area (Å²) in [5.74, 6) is 3.17. The van der Waals surface area contributed by atoms with Crippen LogP contribution >= 0.6 is 0 Å². The molecule has 0 amide bonds. The molecule has 0 saturated carbocycles. The van der Waals surface area contributed by atoms with E-state index in [1.807, 2.05) is 0 Å². The highest BCUT2D eigenvalue weighted by atomic mass is 15.0. The van der Waals surface area contributed by atoms with Crippen molar-refractivity contribution in [2.75, 3.05) is 0 Å². The van der Waals surface area contributed by atoms with Gasteiger partial charge in [0, 0.05) is 19.3 Å². The monoisotopic (exact) mass is 417 g/mol. The van der Waals surface area contributed by atoms with Crippen molar-refractivity contribution < 1.29 is 0 Å². The number of aryl methyl sites for hydroxylation is 3. The fourth-order valence-corrected chi connectivity index (χ4v) is 4.05. The molecule has 0 saturated heterocycles. The van der Waals surface area contributed by atoms with Crippen LogP contribution in [0.4, 0.5) is 0 Å². The summed E-state index contributed by atoms with van der Waals surface area (Å²) in [6.45, 7) is 6.84. The van der Waals surface area contributed by atoms with Crippen LogP contribution in [0.1, 0.15) is 154 Å². The molecule has 0 atom stereocenters. The van der Waals surface area contributed by atoms with E-state index in [0.29, 0.717) is 0 Å². The highest BCUT2D eigenvalue weighted by Crippen LogP contribution is 2.12. The van der Waals surface area contributed by atoms with E-state index in [-0.39, 0.29) is 0 Å². The van der Waals surface area contributed by atoms with Crippen LogP contribution in [0, 0.1) is 0 Å². The van der Waals surface area contributed by atoms with Gasteiger partial charge in [0.2, 0.25) is 0 Å². The van der Waals surface area contributed by atoms with Gasteiger partial charge < -0.3 is 0 Å². The van der Waals surface area contributed by atoms with Crippen LogP contribution in [0.25, 0.3) is 0 Å². The van der Waals surface area contributed by atoms with Crippen LogP contribution < -0.4 is 0 Å². The summed E-state index contributed by atoms with van der Waals surface area (Å²) in [5.41, 5.74) is 0. The van der Waals surface area contributed by atoms with Crippen LogP contribution in [0.2, 0.25) is 0 Å². The molecule has 0 fully saturated rings. The van der Waals surface area contributed by atoms with Crippen LogP contribution in [-0.2, 0) is 19.3 Å². The smallest absolute Gasteiger partial charge is 0.132 e. The van der Waals surface area contributed by atoms with E-state index >= 15 is 0 Å². The highest BCUT2D eigenvalue weighted by molar-refractivity contribution is 4.99. The molecule has 1 aromatic rings. The summed E-state index contributed by atoms with van der Waals surface area (Å²) in [6.07, 6.45) is 26.9. The van der Waals surface area contributed by atoms with E-state index in [1.165, 1.54) is 116 Å². The molecule has 1 aromatic heterocycles. The largest absolute Gasteiger partial charge is 0.218 e. The van der Waals surface area contributed by atoms with Gasteiger partial charge in [0.1, 0.15) is 17.5 Å². The molecule has 0 radical (unpaired) electrons. The molecule has 0 aliphatic heterocycles. The second kappa shape index (κ2) is 19.9. The van der Waals surface area contributed by atoms with E-state index in [1.54, 1.807) is 0 Å². The number of aromatic nitrogens is 3. The first-order chi connectivity index (χ1) is 14.8. The Hall–Kier alpha value is -0.990. The Morgan fingerprint density at radius 2 is 0.567 bits per heavy atom. The minimum atomic E-state index is 1.03. The SMILES string of the molecule is CCCCCCCCc1nc(CCCCCCCC)nc(CCCCCCCC)n1. The molecule has 0 spiro atoms. The Balaban J connectivity index is 2.47. The Bertz CT molecular complexity index is 417. The maximum Gasteiger partial charge on any atom is 0.132 e. The van der Waals surface area contributed by atoms with Crippen molar-refractivity contribution in [2.45, 2.75) is 156 Å². The fraction of sp³-hybridized carbons (Fsp3) is 0.889. The number of rotatable bonds is 21. The minimum Gasteiger partial charge on any atom is -0.218 e. The van der Waals surface area contributed by atoms with Crippen LogP contribution in [-0.4, -0.2) is 15.0 Å². The van der Waals surface area contributed by atoms with Crippen molar-refractivity contribution in [1.82, 2.24) is 15.0 Å². The van der Waals surface area contributed by atoms with Gasteiger partial charge in [-0.25, -0.2) is 15.0 Å². The Morgan fingerprint density at radius 3 is 0.833 bits per heavy atom. The maximum absolute atomic E-state index is 4.85. The molecule has 0 aliphatic carbocycles. The van der Waals surface area contributed by atoms with Crippen LogP contribution in [0.5, 0.6) is 0 Å². The standard InChI is InChI=1S/C27H51N3/c1-4-7-10-13-16-19-22-25-28-26(23-20-17-14-11-8-5-2)30-27(29-25)24-21-18-15-12-9-6-3/h4-24H2,1-3H3.